The maximum Gasteiger partial charge on any atom is 0.119 e. The molecule has 0 aliphatic rings. The summed E-state index contributed by atoms with van der Waals surface area (Å²) in [6, 6.07) is 7.76. The first-order valence-corrected chi connectivity index (χ1v) is 7.30. The van der Waals surface area contributed by atoms with Gasteiger partial charge in [0.05, 0.1) is 6.61 Å². The van der Waals surface area contributed by atoms with E-state index in [-0.39, 0.29) is 5.25 Å². The first kappa shape index (κ1) is 14.2. The van der Waals surface area contributed by atoms with E-state index >= 15 is 0 Å². The van der Waals surface area contributed by atoms with Crippen molar-refractivity contribution in [2.75, 3.05) is 12.4 Å². The Morgan fingerprint density at radius 1 is 1.29 bits per heavy atom. The van der Waals surface area contributed by atoms with Gasteiger partial charge >= 0.3 is 0 Å². The van der Waals surface area contributed by atoms with Gasteiger partial charge in [0.2, 0.25) is 0 Å². The third-order valence-corrected chi connectivity index (χ3v) is 4.19. The summed E-state index contributed by atoms with van der Waals surface area (Å²) in [5, 5.41) is 0.235. The summed E-state index contributed by atoms with van der Waals surface area (Å²) >= 11 is 0. The molecule has 1 rings (SSSR count). The molecular weight excluding hydrogens is 234 g/mol. The summed E-state index contributed by atoms with van der Waals surface area (Å²) < 4.78 is 17.0. The fraction of sp³-hybridized carbons (Fsp3) is 0.538. The van der Waals surface area contributed by atoms with Gasteiger partial charge in [0, 0.05) is 28.3 Å². The molecule has 0 amide bonds. The van der Waals surface area contributed by atoms with Crippen LogP contribution in [0.25, 0.3) is 0 Å². The van der Waals surface area contributed by atoms with Crippen molar-refractivity contribution >= 4 is 10.8 Å². The van der Waals surface area contributed by atoms with Crippen molar-refractivity contribution in [1.82, 2.24) is 0 Å². The minimum Gasteiger partial charge on any atom is -0.494 e. The van der Waals surface area contributed by atoms with Gasteiger partial charge in [-0.05, 0) is 24.1 Å². The van der Waals surface area contributed by atoms with E-state index in [1.54, 1.807) is 0 Å². The molecule has 96 valence electrons. The molecule has 0 radical (unpaired) electrons. The highest BCUT2D eigenvalue weighted by molar-refractivity contribution is 7.85. The van der Waals surface area contributed by atoms with Gasteiger partial charge in [-0.15, -0.1) is 0 Å². The van der Waals surface area contributed by atoms with E-state index in [0.29, 0.717) is 18.9 Å². The molecule has 0 aliphatic heterocycles. The Bertz CT molecular complexity index is 349. The minimum absolute atomic E-state index is 0.235. The summed E-state index contributed by atoms with van der Waals surface area (Å²) in [7, 11) is -0.731. The van der Waals surface area contributed by atoms with Crippen molar-refractivity contribution in [2.24, 2.45) is 5.73 Å². The number of hydrogen-bond donors (Lipinski definition) is 1. The Balaban J connectivity index is 2.24. The van der Waals surface area contributed by atoms with Gasteiger partial charge in [0.15, 0.2) is 0 Å². The zero-order valence-corrected chi connectivity index (χ0v) is 11.3. The molecule has 0 saturated heterocycles. The zero-order chi connectivity index (χ0) is 12.7. The van der Waals surface area contributed by atoms with Crippen molar-refractivity contribution < 1.29 is 8.95 Å². The third-order valence-electron chi connectivity index (χ3n) is 2.44. The predicted molar refractivity (Wildman–Crippen MR) is 72.6 cm³/mol. The van der Waals surface area contributed by atoms with Crippen LogP contribution in [0.3, 0.4) is 0 Å². The van der Waals surface area contributed by atoms with E-state index in [1.165, 1.54) is 0 Å². The maximum atomic E-state index is 11.5. The van der Waals surface area contributed by atoms with Crippen molar-refractivity contribution in [1.29, 1.82) is 0 Å². The zero-order valence-electron chi connectivity index (χ0n) is 10.5. The molecule has 0 aliphatic carbocycles. The lowest BCUT2D eigenvalue weighted by molar-refractivity contribution is 0.318. The molecule has 0 aromatic heterocycles. The van der Waals surface area contributed by atoms with Crippen LogP contribution in [0.4, 0.5) is 0 Å². The average molecular weight is 255 g/mol. The first-order valence-electron chi connectivity index (χ1n) is 5.92. The van der Waals surface area contributed by atoms with Crippen LogP contribution >= 0.6 is 0 Å². The highest BCUT2D eigenvalue weighted by atomic mass is 32.2. The second-order valence-corrected chi connectivity index (χ2v) is 6.30. The number of nitrogens with two attached hydrogens (primary N) is 1. The number of benzene rings is 1. The second kappa shape index (κ2) is 7.45. The smallest absolute Gasteiger partial charge is 0.119 e. The normalized spacial score (nSPS) is 12.7. The molecule has 1 aromatic rings. The van der Waals surface area contributed by atoms with Crippen molar-refractivity contribution in [3.8, 4) is 5.75 Å². The highest BCUT2D eigenvalue weighted by Crippen LogP contribution is 2.12. The van der Waals surface area contributed by atoms with E-state index in [4.69, 9.17) is 10.5 Å². The van der Waals surface area contributed by atoms with Crippen LogP contribution in [0.1, 0.15) is 25.8 Å². The summed E-state index contributed by atoms with van der Waals surface area (Å²) in [6.07, 6.45) is 0.823. The van der Waals surface area contributed by atoms with E-state index in [0.717, 1.165) is 17.7 Å². The van der Waals surface area contributed by atoms with E-state index in [2.05, 4.69) is 0 Å². The van der Waals surface area contributed by atoms with E-state index in [1.807, 2.05) is 38.1 Å². The highest BCUT2D eigenvalue weighted by Gasteiger charge is 2.04. The summed E-state index contributed by atoms with van der Waals surface area (Å²) in [5.41, 5.74) is 6.60. The number of ether oxygens (including phenoxy) is 1. The molecule has 1 aromatic carbocycles. The topological polar surface area (TPSA) is 52.3 Å². The monoisotopic (exact) mass is 255 g/mol. The first-order chi connectivity index (χ1) is 8.13. The fourth-order valence-electron chi connectivity index (χ4n) is 1.35. The molecular formula is C13H21NO2S. The minimum atomic E-state index is -0.731. The van der Waals surface area contributed by atoms with Gasteiger partial charge in [-0.1, -0.05) is 26.0 Å². The van der Waals surface area contributed by atoms with Crippen molar-refractivity contribution in [3.63, 3.8) is 0 Å². The molecule has 0 spiro atoms. The van der Waals surface area contributed by atoms with Crippen LogP contribution in [0.5, 0.6) is 5.75 Å². The molecule has 2 N–H and O–H groups in total. The Morgan fingerprint density at radius 3 is 2.47 bits per heavy atom. The van der Waals surface area contributed by atoms with Crippen LogP contribution in [0, 0.1) is 0 Å². The molecule has 0 saturated carbocycles. The lowest BCUT2D eigenvalue weighted by atomic mass is 10.2. The Kier molecular flexibility index (Phi) is 6.22. The van der Waals surface area contributed by atoms with Crippen molar-refractivity contribution in [3.05, 3.63) is 29.8 Å². The van der Waals surface area contributed by atoms with E-state index < -0.39 is 10.8 Å². The van der Waals surface area contributed by atoms with Crippen LogP contribution < -0.4 is 10.5 Å². The lowest BCUT2D eigenvalue weighted by Gasteiger charge is -2.08. The molecule has 0 fully saturated rings. The molecule has 17 heavy (non-hydrogen) atoms. The van der Waals surface area contributed by atoms with Crippen LogP contribution in [-0.2, 0) is 17.3 Å². The average Bonchev–Trinajstić information content (AvgIpc) is 2.35. The summed E-state index contributed by atoms with van der Waals surface area (Å²) in [6.45, 7) is 5.11. The van der Waals surface area contributed by atoms with Gasteiger partial charge in [-0.3, -0.25) is 4.21 Å². The van der Waals surface area contributed by atoms with Crippen molar-refractivity contribution in [2.45, 2.75) is 32.1 Å². The lowest BCUT2D eigenvalue weighted by Crippen LogP contribution is -2.12. The fourth-order valence-corrected chi connectivity index (χ4v) is 2.22. The second-order valence-electron chi connectivity index (χ2n) is 4.18. The molecule has 1 unspecified atom stereocenters. The third kappa shape index (κ3) is 5.33. The Hall–Kier alpha value is -0.870. The molecule has 0 heterocycles. The molecule has 4 heteroatoms. The van der Waals surface area contributed by atoms with Crippen LogP contribution in [-0.4, -0.2) is 21.8 Å². The predicted octanol–water partition coefficient (Wildman–Crippen LogP) is 2.07. The molecule has 3 nitrogen and oxygen atoms in total. The molecule has 1 atom stereocenters. The molecule has 0 bridgehead atoms. The number of hydrogen-bond acceptors (Lipinski definition) is 3. The number of rotatable bonds is 7. The van der Waals surface area contributed by atoms with Crippen LogP contribution in [0.15, 0.2) is 24.3 Å². The van der Waals surface area contributed by atoms with Gasteiger partial charge in [-0.2, -0.15) is 0 Å². The summed E-state index contributed by atoms with van der Waals surface area (Å²) in [5.74, 6) is 1.55. The van der Waals surface area contributed by atoms with Gasteiger partial charge in [-0.25, -0.2) is 0 Å². The maximum absolute atomic E-state index is 11.5. The largest absolute Gasteiger partial charge is 0.494 e. The standard InChI is InChI=1S/C13H21NO2S/c1-11(2)17(15)9-3-8-16-13-6-4-12(10-14)5-7-13/h4-7,11H,3,8-10,14H2,1-2H3. The van der Waals surface area contributed by atoms with E-state index in [9.17, 15) is 4.21 Å². The van der Waals surface area contributed by atoms with Gasteiger partial charge in [0.1, 0.15) is 5.75 Å². The quantitative estimate of drug-likeness (QED) is 0.759. The SMILES string of the molecule is CC(C)S(=O)CCCOc1ccc(CN)cc1. The summed E-state index contributed by atoms with van der Waals surface area (Å²) in [4.78, 5) is 0. The Morgan fingerprint density at radius 2 is 1.94 bits per heavy atom. The van der Waals surface area contributed by atoms with Crippen LogP contribution in [0.2, 0.25) is 0 Å². The Labute approximate surface area is 106 Å². The van der Waals surface area contributed by atoms with Gasteiger partial charge < -0.3 is 10.5 Å². The van der Waals surface area contributed by atoms with Gasteiger partial charge in [0.25, 0.3) is 0 Å².